The molecular formula is C21H36IN5O. The third-order valence-electron chi connectivity index (χ3n) is 4.74. The van der Waals surface area contributed by atoms with Gasteiger partial charge in [0.25, 0.3) is 0 Å². The molecule has 2 N–H and O–H groups in total. The predicted molar refractivity (Wildman–Crippen MR) is 129 cm³/mol. The van der Waals surface area contributed by atoms with E-state index in [9.17, 15) is 4.79 Å². The van der Waals surface area contributed by atoms with Crippen LogP contribution in [0.3, 0.4) is 0 Å². The van der Waals surface area contributed by atoms with Crippen molar-refractivity contribution in [3.8, 4) is 0 Å². The van der Waals surface area contributed by atoms with E-state index < -0.39 is 0 Å². The minimum Gasteiger partial charge on any atom is -0.372 e. The summed E-state index contributed by atoms with van der Waals surface area (Å²) < 4.78 is 0. The van der Waals surface area contributed by atoms with E-state index in [-0.39, 0.29) is 42.5 Å². The number of guanidine groups is 1. The molecule has 28 heavy (non-hydrogen) atoms. The van der Waals surface area contributed by atoms with Gasteiger partial charge in [0, 0.05) is 39.4 Å². The lowest BCUT2D eigenvalue weighted by atomic mass is 10.1. The molecule has 0 saturated carbocycles. The molecule has 7 heteroatoms. The Morgan fingerprint density at radius 1 is 1.21 bits per heavy atom. The third kappa shape index (κ3) is 7.85. The second kappa shape index (κ2) is 12.1. The van der Waals surface area contributed by atoms with Gasteiger partial charge in [0.15, 0.2) is 5.96 Å². The van der Waals surface area contributed by atoms with Gasteiger partial charge in [-0.2, -0.15) is 0 Å². The van der Waals surface area contributed by atoms with Crippen LogP contribution in [0.4, 0.5) is 5.69 Å². The van der Waals surface area contributed by atoms with Crippen LogP contribution < -0.4 is 15.5 Å². The van der Waals surface area contributed by atoms with E-state index in [1.807, 2.05) is 0 Å². The van der Waals surface area contributed by atoms with E-state index in [0.717, 1.165) is 19.6 Å². The maximum atomic E-state index is 11.9. The molecule has 6 nitrogen and oxygen atoms in total. The molecule has 0 radical (unpaired) electrons. The SMILES string of the molecule is CC(C)CNC(=NCC(=O)N(C)C)NC(C)c1cccc(N2CCCC2)c1.I. The number of benzene rings is 1. The van der Waals surface area contributed by atoms with Crippen LogP contribution >= 0.6 is 24.0 Å². The van der Waals surface area contributed by atoms with E-state index in [0.29, 0.717) is 11.9 Å². The molecule has 0 aromatic heterocycles. The monoisotopic (exact) mass is 501 g/mol. The van der Waals surface area contributed by atoms with E-state index in [2.05, 4.69) is 65.6 Å². The summed E-state index contributed by atoms with van der Waals surface area (Å²) in [5.41, 5.74) is 2.51. The van der Waals surface area contributed by atoms with E-state index >= 15 is 0 Å². The van der Waals surface area contributed by atoms with Gasteiger partial charge in [0.1, 0.15) is 6.54 Å². The van der Waals surface area contributed by atoms with Crippen molar-refractivity contribution in [1.29, 1.82) is 0 Å². The van der Waals surface area contributed by atoms with Crippen molar-refractivity contribution in [3.05, 3.63) is 29.8 Å². The average molecular weight is 501 g/mol. The van der Waals surface area contributed by atoms with Crippen LogP contribution in [-0.4, -0.2) is 57.0 Å². The van der Waals surface area contributed by atoms with Crippen molar-refractivity contribution < 1.29 is 4.79 Å². The molecule has 1 aliphatic rings. The number of aliphatic imine (C=N–C) groups is 1. The lowest BCUT2D eigenvalue weighted by molar-refractivity contribution is -0.127. The van der Waals surface area contributed by atoms with Gasteiger partial charge in [0.2, 0.25) is 5.91 Å². The Bertz CT molecular complexity index is 641. The van der Waals surface area contributed by atoms with Crippen LogP contribution in [0.5, 0.6) is 0 Å². The zero-order valence-corrected chi connectivity index (χ0v) is 20.2. The number of anilines is 1. The number of likely N-dealkylation sites (N-methyl/N-ethyl adjacent to an activating group) is 1. The number of nitrogens with one attached hydrogen (secondary N) is 2. The molecular weight excluding hydrogens is 465 g/mol. The first-order valence-electron chi connectivity index (χ1n) is 9.96. The summed E-state index contributed by atoms with van der Waals surface area (Å²) in [5, 5.41) is 6.79. The van der Waals surface area contributed by atoms with Crippen LogP contribution in [0.25, 0.3) is 0 Å². The van der Waals surface area contributed by atoms with Crippen LogP contribution in [0.1, 0.15) is 45.2 Å². The summed E-state index contributed by atoms with van der Waals surface area (Å²) in [6.07, 6.45) is 2.54. The molecule has 1 amide bonds. The molecule has 1 aromatic carbocycles. The molecule has 1 unspecified atom stereocenters. The van der Waals surface area contributed by atoms with E-state index in [1.165, 1.54) is 24.1 Å². The summed E-state index contributed by atoms with van der Waals surface area (Å²) in [6.45, 7) is 9.66. The molecule has 0 spiro atoms. The van der Waals surface area contributed by atoms with Crippen LogP contribution in [0.15, 0.2) is 29.3 Å². The van der Waals surface area contributed by atoms with Crippen molar-refractivity contribution in [3.63, 3.8) is 0 Å². The number of hydrogen-bond donors (Lipinski definition) is 2. The van der Waals surface area contributed by atoms with Crippen molar-refractivity contribution in [1.82, 2.24) is 15.5 Å². The number of carbonyl (C=O) groups is 1. The Labute approximate surface area is 187 Å². The molecule has 158 valence electrons. The quantitative estimate of drug-likeness (QED) is 0.342. The lowest BCUT2D eigenvalue weighted by Crippen LogP contribution is -2.41. The summed E-state index contributed by atoms with van der Waals surface area (Å²) in [6, 6.07) is 8.80. The van der Waals surface area contributed by atoms with Gasteiger partial charge in [-0.3, -0.25) is 4.79 Å². The molecule has 1 fully saturated rings. The van der Waals surface area contributed by atoms with Crippen LogP contribution in [0.2, 0.25) is 0 Å². The average Bonchev–Trinajstić information content (AvgIpc) is 3.18. The summed E-state index contributed by atoms with van der Waals surface area (Å²) >= 11 is 0. The van der Waals surface area contributed by atoms with Crippen LogP contribution in [-0.2, 0) is 4.79 Å². The highest BCUT2D eigenvalue weighted by atomic mass is 127. The number of carbonyl (C=O) groups excluding carboxylic acids is 1. The Morgan fingerprint density at radius 3 is 2.50 bits per heavy atom. The van der Waals surface area contributed by atoms with Crippen molar-refractivity contribution in [2.45, 2.75) is 39.7 Å². The molecule has 0 bridgehead atoms. The molecule has 0 aliphatic carbocycles. The Kier molecular flexibility index (Phi) is 10.6. The molecule has 1 atom stereocenters. The Balaban J connectivity index is 0.00000392. The number of hydrogen-bond acceptors (Lipinski definition) is 3. The first-order chi connectivity index (χ1) is 12.9. The van der Waals surface area contributed by atoms with Gasteiger partial charge in [-0.25, -0.2) is 4.99 Å². The second-order valence-electron chi connectivity index (χ2n) is 7.88. The molecule has 1 heterocycles. The van der Waals surface area contributed by atoms with Gasteiger partial charge in [-0.1, -0.05) is 26.0 Å². The number of halogens is 1. The topological polar surface area (TPSA) is 60.0 Å². The zero-order valence-electron chi connectivity index (χ0n) is 17.9. The van der Waals surface area contributed by atoms with Crippen LogP contribution in [0, 0.1) is 5.92 Å². The van der Waals surface area contributed by atoms with E-state index in [1.54, 1.807) is 19.0 Å². The largest absolute Gasteiger partial charge is 0.372 e. The summed E-state index contributed by atoms with van der Waals surface area (Å²) in [5.74, 6) is 1.16. The maximum Gasteiger partial charge on any atom is 0.243 e. The predicted octanol–water partition coefficient (Wildman–Crippen LogP) is 3.25. The fourth-order valence-corrected chi connectivity index (χ4v) is 3.00. The van der Waals surface area contributed by atoms with Gasteiger partial charge < -0.3 is 20.4 Å². The fraction of sp³-hybridized carbons (Fsp3) is 0.619. The standard InChI is InChI=1S/C21H35N5O.HI/c1-16(2)14-22-21(23-15-20(27)25(4)5)24-17(3)18-9-8-10-19(13-18)26-11-6-7-12-26;/h8-10,13,16-17H,6-7,11-12,14-15H2,1-5H3,(H2,22,23,24);1H. The zero-order chi connectivity index (χ0) is 19.8. The van der Waals surface area contributed by atoms with Crippen molar-refractivity contribution >= 4 is 41.5 Å². The second-order valence-corrected chi connectivity index (χ2v) is 7.88. The van der Waals surface area contributed by atoms with Gasteiger partial charge in [0.05, 0.1) is 6.04 Å². The van der Waals surface area contributed by atoms with Gasteiger partial charge in [-0.15, -0.1) is 24.0 Å². The van der Waals surface area contributed by atoms with Gasteiger partial charge >= 0.3 is 0 Å². The minimum absolute atomic E-state index is 0. The van der Waals surface area contributed by atoms with Crippen molar-refractivity contribution in [2.75, 3.05) is 45.2 Å². The molecule has 1 aromatic rings. The number of amides is 1. The minimum atomic E-state index is -0.00988. The van der Waals surface area contributed by atoms with Crippen molar-refractivity contribution in [2.24, 2.45) is 10.9 Å². The summed E-state index contributed by atoms with van der Waals surface area (Å²) in [4.78, 5) is 20.4. The first kappa shape index (κ1) is 24.5. The maximum absolute atomic E-state index is 11.9. The molecule has 2 rings (SSSR count). The highest BCUT2D eigenvalue weighted by Crippen LogP contribution is 2.23. The number of nitrogens with zero attached hydrogens (tertiary/aromatic N) is 3. The Morgan fingerprint density at radius 2 is 1.89 bits per heavy atom. The number of rotatable bonds is 7. The molecule has 1 saturated heterocycles. The highest BCUT2D eigenvalue weighted by Gasteiger charge is 2.15. The fourth-order valence-electron chi connectivity index (χ4n) is 3.00. The normalized spacial score (nSPS) is 15.2. The molecule has 1 aliphatic heterocycles. The lowest BCUT2D eigenvalue weighted by Gasteiger charge is -2.22. The van der Waals surface area contributed by atoms with E-state index in [4.69, 9.17) is 0 Å². The van der Waals surface area contributed by atoms with Gasteiger partial charge in [-0.05, 0) is 43.4 Å². The highest BCUT2D eigenvalue weighted by molar-refractivity contribution is 14.0. The third-order valence-corrected chi connectivity index (χ3v) is 4.74. The first-order valence-corrected chi connectivity index (χ1v) is 9.96. The smallest absolute Gasteiger partial charge is 0.243 e. The Hall–Kier alpha value is -1.51. The summed E-state index contributed by atoms with van der Waals surface area (Å²) in [7, 11) is 3.50.